The number of aryl methyl sites for hydroxylation is 1. The van der Waals surface area contributed by atoms with E-state index in [1.807, 2.05) is 48.7 Å². The van der Waals surface area contributed by atoms with Crippen molar-refractivity contribution in [1.29, 1.82) is 0 Å². The second-order valence-corrected chi connectivity index (χ2v) is 19.2. The van der Waals surface area contributed by atoms with E-state index in [-0.39, 0.29) is 5.82 Å². The van der Waals surface area contributed by atoms with Crippen LogP contribution in [-0.2, 0) is 25.3 Å². The first kappa shape index (κ1) is 39.1. The number of hydrogen-bond donors (Lipinski definition) is 0. The van der Waals surface area contributed by atoms with Crippen LogP contribution in [0.25, 0.3) is 97.4 Å². The molecule has 0 aliphatic carbocycles. The summed E-state index contributed by atoms with van der Waals surface area (Å²) < 4.78 is 56.3. The molecule has 2 atom stereocenters. The van der Waals surface area contributed by atoms with Crippen molar-refractivity contribution in [3.8, 4) is 34.0 Å². The molecule has 318 valence electrons. The van der Waals surface area contributed by atoms with Crippen molar-refractivity contribution in [2.24, 2.45) is 7.05 Å². The molecular formula is C55H38F3N6S2+3. The number of thiophene rings is 2. The highest BCUT2D eigenvalue weighted by molar-refractivity contribution is 7.26. The largest absolute Gasteiger partial charge is 0.453 e. The van der Waals surface area contributed by atoms with Crippen LogP contribution >= 0.6 is 22.7 Å². The maximum atomic E-state index is 14.3. The number of allylic oxidation sites excluding steroid dienone is 1. The summed E-state index contributed by atoms with van der Waals surface area (Å²) in [6.45, 7) is 6.68. The molecule has 0 saturated carbocycles. The van der Waals surface area contributed by atoms with E-state index in [2.05, 4.69) is 164 Å². The lowest BCUT2D eigenvalue weighted by Crippen LogP contribution is -2.71. The third kappa shape index (κ3) is 5.26. The Morgan fingerprint density at radius 3 is 2.14 bits per heavy atom. The van der Waals surface area contributed by atoms with Gasteiger partial charge in [-0.2, -0.15) is 31.9 Å². The standard InChI is InChI=1S/C55H38F3N6S2/c1-4-14-41-32(5-2)22-29-43-48-39(27-26-37-35-17-8-11-21-46(35)66-50(37)48)54(64(41)43,31-62-30-13-12-19-44(62)52-59-53(55(56,57)58)60-61(52)3)51-38-25-24-36-34-16-7-10-20-45(34)65-49(36)47(38)42-28-23-33-15-6-9-18-40(33)63(42)51/h4-30,51H,2,31H2,1,3H3/q+3. The Bertz CT molecular complexity index is 3930. The lowest BCUT2D eigenvalue weighted by atomic mass is 9.78. The maximum Gasteiger partial charge on any atom is 0.453 e. The second-order valence-electron chi connectivity index (χ2n) is 17.1. The van der Waals surface area contributed by atoms with Gasteiger partial charge < -0.3 is 0 Å². The number of benzene rings is 5. The summed E-state index contributed by atoms with van der Waals surface area (Å²) in [5, 5.41) is 9.81. The first-order valence-electron chi connectivity index (χ1n) is 21.8. The summed E-state index contributed by atoms with van der Waals surface area (Å²) in [7, 11) is 1.53. The maximum absolute atomic E-state index is 14.3. The highest BCUT2D eigenvalue weighted by Crippen LogP contribution is 2.56. The Morgan fingerprint density at radius 1 is 0.727 bits per heavy atom. The molecule has 0 N–H and O–H groups in total. The molecule has 6 aromatic heterocycles. The summed E-state index contributed by atoms with van der Waals surface area (Å²) in [6, 6.07) is 49.2. The number of rotatable bonds is 6. The number of aromatic nitrogens is 6. The van der Waals surface area contributed by atoms with Gasteiger partial charge in [0.05, 0.1) is 16.7 Å². The van der Waals surface area contributed by atoms with Crippen molar-refractivity contribution >= 4 is 86.1 Å². The van der Waals surface area contributed by atoms with Crippen LogP contribution in [0.4, 0.5) is 13.2 Å². The average molecular weight is 904 g/mol. The fraction of sp³-hybridized carbons (Fsp3) is 0.109. The van der Waals surface area contributed by atoms with Crippen LogP contribution in [0.2, 0.25) is 0 Å². The van der Waals surface area contributed by atoms with Crippen LogP contribution in [0.5, 0.6) is 0 Å². The van der Waals surface area contributed by atoms with E-state index >= 15 is 0 Å². The number of hydrogen-bond acceptors (Lipinski definition) is 4. The predicted molar refractivity (Wildman–Crippen MR) is 259 cm³/mol. The first-order valence-corrected chi connectivity index (χ1v) is 23.5. The van der Waals surface area contributed by atoms with Gasteiger partial charge in [-0.1, -0.05) is 85.5 Å². The molecule has 11 heteroatoms. The van der Waals surface area contributed by atoms with Crippen molar-refractivity contribution in [2.75, 3.05) is 0 Å². The first-order chi connectivity index (χ1) is 32.2. The minimum Gasteiger partial charge on any atom is -0.243 e. The number of fused-ring (bicyclic) bond motifs is 16. The molecule has 0 fully saturated rings. The topological polar surface area (TPSA) is 42.4 Å². The van der Waals surface area contributed by atoms with Gasteiger partial charge in [0.2, 0.25) is 40.7 Å². The van der Waals surface area contributed by atoms with Crippen molar-refractivity contribution in [3.63, 3.8) is 0 Å². The van der Waals surface area contributed by atoms with Crippen molar-refractivity contribution < 1.29 is 26.9 Å². The molecule has 13 rings (SSSR count). The Hall–Kier alpha value is -7.34. The zero-order valence-corrected chi connectivity index (χ0v) is 37.3. The smallest absolute Gasteiger partial charge is 0.243 e. The normalized spacial score (nSPS) is 16.5. The van der Waals surface area contributed by atoms with Crippen LogP contribution in [-0.4, -0.2) is 14.8 Å². The lowest BCUT2D eigenvalue weighted by Gasteiger charge is -2.28. The molecule has 0 spiro atoms. The molecule has 5 aromatic carbocycles. The average Bonchev–Trinajstić information content (AvgIpc) is 4.14. The van der Waals surface area contributed by atoms with Gasteiger partial charge in [-0.3, -0.25) is 0 Å². The quantitative estimate of drug-likeness (QED) is 0.156. The summed E-state index contributed by atoms with van der Waals surface area (Å²) in [4.78, 5) is 4.18. The molecule has 8 heterocycles. The Morgan fingerprint density at radius 2 is 1.41 bits per heavy atom. The summed E-state index contributed by atoms with van der Waals surface area (Å²) >= 11 is 3.63. The van der Waals surface area contributed by atoms with Crippen molar-refractivity contribution in [1.82, 2.24) is 14.8 Å². The van der Waals surface area contributed by atoms with Gasteiger partial charge in [-0.15, -0.1) is 27.8 Å². The third-order valence-corrected chi connectivity index (χ3v) is 16.1. The molecule has 2 aliphatic rings. The lowest BCUT2D eigenvalue weighted by molar-refractivity contribution is -0.856. The van der Waals surface area contributed by atoms with Crippen LogP contribution in [0.15, 0.2) is 158 Å². The number of para-hydroxylation sites is 1. The molecule has 11 aromatic rings. The van der Waals surface area contributed by atoms with E-state index < -0.39 is 23.6 Å². The molecule has 66 heavy (non-hydrogen) atoms. The van der Waals surface area contributed by atoms with Gasteiger partial charge in [0.15, 0.2) is 6.20 Å². The van der Waals surface area contributed by atoms with Crippen LogP contribution in [0.3, 0.4) is 0 Å². The van der Waals surface area contributed by atoms with E-state index in [0.29, 0.717) is 12.2 Å². The molecular weight excluding hydrogens is 866 g/mol. The van der Waals surface area contributed by atoms with Crippen LogP contribution < -0.4 is 13.7 Å². The van der Waals surface area contributed by atoms with E-state index in [0.717, 1.165) is 44.7 Å². The molecule has 6 nitrogen and oxygen atoms in total. The highest BCUT2D eigenvalue weighted by Gasteiger charge is 2.69. The molecule has 0 bridgehead atoms. The summed E-state index contributed by atoms with van der Waals surface area (Å²) in [5.74, 6) is -1.06. The number of alkyl halides is 3. The van der Waals surface area contributed by atoms with Gasteiger partial charge in [0, 0.05) is 100 Å². The van der Waals surface area contributed by atoms with E-state index in [1.165, 1.54) is 63.2 Å². The fourth-order valence-electron chi connectivity index (χ4n) is 11.2. The van der Waals surface area contributed by atoms with Crippen molar-refractivity contribution in [2.45, 2.75) is 31.2 Å². The van der Waals surface area contributed by atoms with Crippen molar-refractivity contribution in [3.05, 3.63) is 187 Å². The highest BCUT2D eigenvalue weighted by atomic mass is 32.1. The summed E-state index contributed by atoms with van der Waals surface area (Å²) in [6.07, 6.45) is 3.43. The number of pyridine rings is 3. The molecule has 0 radical (unpaired) electrons. The predicted octanol–water partition coefficient (Wildman–Crippen LogP) is 12.6. The Kier molecular flexibility index (Phi) is 8.33. The minimum atomic E-state index is -4.72. The van der Waals surface area contributed by atoms with E-state index in [1.54, 1.807) is 11.3 Å². The molecule has 0 saturated heterocycles. The van der Waals surface area contributed by atoms with Crippen LogP contribution in [0.1, 0.15) is 41.2 Å². The van der Waals surface area contributed by atoms with E-state index in [9.17, 15) is 13.2 Å². The van der Waals surface area contributed by atoms with Crippen LogP contribution in [0, 0.1) is 0 Å². The Balaban J connectivity index is 1.23. The van der Waals surface area contributed by atoms with Gasteiger partial charge in [-0.25, -0.2) is 4.68 Å². The molecule has 2 aliphatic heterocycles. The van der Waals surface area contributed by atoms with Gasteiger partial charge in [-0.05, 0) is 49.4 Å². The summed E-state index contributed by atoms with van der Waals surface area (Å²) in [5.41, 5.74) is 9.31. The number of halogens is 3. The van der Waals surface area contributed by atoms with E-state index in [4.69, 9.17) is 0 Å². The third-order valence-electron chi connectivity index (χ3n) is 13.7. The molecule has 0 amide bonds. The monoisotopic (exact) mass is 903 g/mol. The Labute approximate surface area is 384 Å². The molecule has 2 unspecified atom stereocenters. The van der Waals surface area contributed by atoms with Gasteiger partial charge in [0.25, 0.3) is 11.9 Å². The van der Waals surface area contributed by atoms with Gasteiger partial charge >= 0.3 is 11.7 Å². The second kappa shape index (κ2) is 14.1. The zero-order valence-electron chi connectivity index (χ0n) is 35.7. The fourth-order valence-corrected chi connectivity index (χ4v) is 13.7. The number of nitrogens with zero attached hydrogens (tertiary/aromatic N) is 6. The zero-order chi connectivity index (χ0) is 44.6. The SMILES string of the molecule is C=Cc1ccc2[n+](c1C=CC)C(C[n+]1ccccc1-c1nc(C(F)(F)F)nn1C)(C1c3ccc4c(sc5ccccc54)c3-c3ccc4ccccc4[n+]31)c1ccc3c(sc4ccccc43)c1-2. The minimum absolute atomic E-state index is 0.118. The van der Waals surface area contributed by atoms with Gasteiger partial charge in [0.1, 0.15) is 0 Å².